The number of halogens is 2. The van der Waals surface area contributed by atoms with Gasteiger partial charge >= 0.3 is 266 Å². The van der Waals surface area contributed by atoms with E-state index in [1.807, 2.05) is 0 Å². The number of benzene rings is 5. The van der Waals surface area contributed by atoms with Crippen molar-refractivity contribution in [2.45, 2.75) is 30.8 Å². The molecule has 4 heteroatoms. The van der Waals surface area contributed by atoms with Crippen LogP contribution in [0.15, 0.2) is 115 Å². The van der Waals surface area contributed by atoms with Crippen LogP contribution in [0.2, 0.25) is 0 Å². The van der Waals surface area contributed by atoms with E-state index < -0.39 is 27.4 Å². The summed E-state index contributed by atoms with van der Waals surface area (Å²) in [6.07, 6.45) is 3.43. The number of allylic oxidation sites excluding steroid dienone is 1. The van der Waals surface area contributed by atoms with Gasteiger partial charge in [-0.2, -0.15) is 0 Å². The van der Waals surface area contributed by atoms with Crippen molar-refractivity contribution in [1.82, 2.24) is 0 Å². The van der Waals surface area contributed by atoms with E-state index in [9.17, 15) is 0 Å². The first kappa shape index (κ1) is 28.3. The summed E-state index contributed by atoms with van der Waals surface area (Å²) in [4.78, 5) is 0. The molecule has 0 N–H and O–H groups in total. The van der Waals surface area contributed by atoms with Crippen molar-refractivity contribution >= 4 is 46.3 Å². The van der Waals surface area contributed by atoms with Crippen molar-refractivity contribution in [2.24, 2.45) is 5.92 Å². The van der Waals surface area contributed by atoms with Gasteiger partial charge in [0.15, 0.2) is 0 Å². The molecular formula is C38H34Cl2SiZr. The minimum absolute atomic E-state index is 0.0791. The van der Waals surface area contributed by atoms with Gasteiger partial charge < -0.3 is 0 Å². The van der Waals surface area contributed by atoms with Gasteiger partial charge in [-0.1, -0.05) is 0 Å². The third-order valence-electron chi connectivity index (χ3n) is 9.22. The van der Waals surface area contributed by atoms with E-state index >= 15 is 0 Å². The predicted octanol–water partition coefficient (Wildman–Crippen LogP) is 8.56. The monoisotopic (exact) mass is 678 g/mol. The third kappa shape index (κ3) is 4.58. The molecule has 1 aliphatic carbocycles. The van der Waals surface area contributed by atoms with E-state index in [-0.39, 0.29) is 3.63 Å². The molecule has 1 aliphatic heterocycles. The van der Waals surface area contributed by atoms with Crippen LogP contribution >= 0.6 is 17.0 Å². The fourth-order valence-electron chi connectivity index (χ4n) is 7.23. The normalized spacial score (nSPS) is 16.0. The molecule has 0 bridgehead atoms. The predicted molar refractivity (Wildman–Crippen MR) is 183 cm³/mol. The zero-order valence-corrected chi connectivity index (χ0v) is 29.7. The first-order valence-electron chi connectivity index (χ1n) is 15.0. The van der Waals surface area contributed by atoms with Gasteiger partial charge in [0, 0.05) is 0 Å². The zero-order valence-electron chi connectivity index (χ0n) is 24.3. The molecule has 1 heterocycles. The number of rotatable bonds is 6. The molecule has 0 aromatic heterocycles. The van der Waals surface area contributed by atoms with Gasteiger partial charge in [-0.15, -0.1) is 0 Å². The quantitative estimate of drug-likeness (QED) is 0.155. The van der Waals surface area contributed by atoms with Gasteiger partial charge in [0.2, 0.25) is 0 Å². The molecule has 5 aromatic rings. The number of hydrogen-bond donors (Lipinski definition) is 0. The summed E-state index contributed by atoms with van der Waals surface area (Å²) in [6.45, 7) is 6.87. The summed E-state index contributed by atoms with van der Waals surface area (Å²) in [7, 11) is 15.2. The fourth-order valence-corrected chi connectivity index (χ4v) is 24.3. The Kier molecular flexibility index (Phi) is 7.56. The Labute approximate surface area is 263 Å². The molecule has 0 nitrogen and oxygen atoms in total. The standard InChI is InChI=1S/C26H25.C12H9Si.2ClH.Zr/c1-4-19-14-15-21-16-22(18(2)3)17-25(21)26(19)24-13-9-8-12-23(24)20-10-6-5-7-11-20;1-3-7-11-9(5-1)10-6-2-4-8-12(10)13-11;;;/h5-18H,4H2,1-3H3;1-7H,13H2;2*1H;/q;;;;+2/p-2. The number of aryl methyl sites for hydroxylation is 1. The van der Waals surface area contributed by atoms with Crippen molar-refractivity contribution in [2.75, 3.05) is 0 Å². The Morgan fingerprint density at radius 2 is 1.38 bits per heavy atom. The third-order valence-corrected chi connectivity index (χ3v) is 23.5. The molecule has 42 heavy (non-hydrogen) atoms. The Hall–Kier alpha value is -2.48. The summed E-state index contributed by atoms with van der Waals surface area (Å²) in [5.41, 5.74) is 13.3. The van der Waals surface area contributed by atoms with Gasteiger partial charge in [0.1, 0.15) is 0 Å². The average Bonchev–Trinajstić information content (AvgIpc) is 3.60. The molecule has 208 valence electrons. The molecule has 0 saturated carbocycles. The first-order chi connectivity index (χ1) is 20.4. The topological polar surface area (TPSA) is 0 Å². The zero-order chi connectivity index (χ0) is 29.0. The number of fused-ring (bicyclic) bond motifs is 4. The van der Waals surface area contributed by atoms with Crippen LogP contribution in [0.4, 0.5) is 0 Å². The summed E-state index contributed by atoms with van der Waals surface area (Å²) < 4.78 is 1.37. The Balaban J connectivity index is 1.43. The van der Waals surface area contributed by atoms with Crippen molar-refractivity contribution in [3.05, 3.63) is 131 Å². The minimum atomic E-state index is -4.03. The van der Waals surface area contributed by atoms with Crippen LogP contribution in [-0.2, 0) is 24.3 Å². The van der Waals surface area contributed by atoms with E-state index in [4.69, 9.17) is 17.0 Å². The second kappa shape index (κ2) is 11.2. The second-order valence-corrected chi connectivity index (χ2v) is 27.7. The van der Waals surface area contributed by atoms with E-state index in [1.165, 1.54) is 69.3 Å². The SMILES string of the molecule is CCc1ccc2c(c1-c1ccccc1-c1ccccc1)C=C(C(C)C)[CH]2[Zr]([Cl])([Cl])[c]1cccc2c1[SiH2]c1ccccc1-2. The van der Waals surface area contributed by atoms with Crippen molar-refractivity contribution in [1.29, 1.82) is 0 Å². The van der Waals surface area contributed by atoms with E-state index in [0.29, 0.717) is 5.92 Å². The molecule has 0 radical (unpaired) electrons. The van der Waals surface area contributed by atoms with E-state index in [1.54, 1.807) is 0 Å². The van der Waals surface area contributed by atoms with Crippen LogP contribution in [-0.4, -0.2) is 9.52 Å². The fraction of sp³-hybridized carbons (Fsp3) is 0.158. The Bertz CT molecular complexity index is 1860. The van der Waals surface area contributed by atoms with Crippen LogP contribution in [0.5, 0.6) is 0 Å². The average molecular weight is 681 g/mol. The van der Waals surface area contributed by atoms with Crippen LogP contribution < -0.4 is 13.6 Å². The Morgan fingerprint density at radius 1 is 0.714 bits per heavy atom. The summed E-state index contributed by atoms with van der Waals surface area (Å²) in [6, 6.07) is 40.0. The van der Waals surface area contributed by atoms with Gasteiger partial charge in [0.25, 0.3) is 0 Å². The molecule has 5 aromatic carbocycles. The van der Waals surface area contributed by atoms with E-state index in [2.05, 4.69) is 136 Å². The van der Waals surface area contributed by atoms with Crippen LogP contribution in [0.1, 0.15) is 41.1 Å². The van der Waals surface area contributed by atoms with Gasteiger partial charge in [0.05, 0.1) is 0 Å². The maximum absolute atomic E-state index is 7.92. The molecule has 1 unspecified atom stereocenters. The Morgan fingerprint density at radius 3 is 2.12 bits per heavy atom. The summed E-state index contributed by atoms with van der Waals surface area (Å²) in [5, 5.41) is 2.99. The molecular weight excluding hydrogens is 647 g/mol. The van der Waals surface area contributed by atoms with Gasteiger partial charge in [-0.3, -0.25) is 0 Å². The molecule has 0 amide bonds. The van der Waals surface area contributed by atoms with Crippen LogP contribution in [0.25, 0.3) is 39.5 Å². The van der Waals surface area contributed by atoms with Crippen molar-refractivity contribution in [3.8, 4) is 33.4 Å². The maximum atomic E-state index is 7.92. The van der Waals surface area contributed by atoms with Crippen LogP contribution in [0.3, 0.4) is 0 Å². The molecule has 2 aliphatic rings. The molecule has 7 rings (SSSR count). The summed E-state index contributed by atoms with van der Waals surface area (Å²) >= 11 is -4.03. The van der Waals surface area contributed by atoms with Crippen LogP contribution in [0, 0.1) is 5.92 Å². The van der Waals surface area contributed by atoms with Gasteiger partial charge in [-0.05, 0) is 0 Å². The second-order valence-electron chi connectivity index (χ2n) is 11.9. The molecule has 0 fully saturated rings. The summed E-state index contributed by atoms with van der Waals surface area (Å²) in [5.74, 6) is 0.351. The first-order valence-corrected chi connectivity index (χ1v) is 25.4. The molecule has 1 atom stereocenters. The molecule has 0 spiro atoms. The van der Waals surface area contributed by atoms with Gasteiger partial charge in [-0.25, -0.2) is 0 Å². The number of hydrogen-bond acceptors (Lipinski definition) is 0. The van der Waals surface area contributed by atoms with Crippen molar-refractivity contribution in [3.63, 3.8) is 0 Å². The van der Waals surface area contributed by atoms with E-state index in [0.717, 1.165) is 6.42 Å². The molecule has 0 saturated heterocycles. The van der Waals surface area contributed by atoms with Crippen molar-refractivity contribution < 1.29 is 17.9 Å².